The van der Waals surface area contributed by atoms with E-state index in [1.807, 2.05) is 43.3 Å². The molecule has 3 aliphatic rings. The molecule has 0 N–H and O–H groups in total. The van der Waals surface area contributed by atoms with Gasteiger partial charge in [0.05, 0.1) is 37.9 Å². The lowest BCUT2D eigenvalue weighted by molar-refractivity contribution is -0.123. The number of carbonyl (C=O) groups is 2. The first-order valence-corrected chi connectivity index (χ1v) is 14.3. The van der Waals surface area contributed by atoms with Gasteiger partial charge in [0.25, 0.3) is 11.1 Å². The van der Waals surface area contributed by atoms with Crippen LogP contribution in [0.4, 0.5) is 16.7 Å². The van der Waals surface area contributed by atoms with E-state index in [4.69, 9.17) is 19.2 Å². The smallest absolute Gasteiger partial charge is 0.328 e. The Balaban J connectivity index is 1.17. The number of rotatable bonds is 7. The number of morpholine rings is 2. The van der Waals surface area contributed by atoms with E-state index in [2.05, 4.69) is 19.8 Å². The molecule has 212 valence electrons. The topological polar surface area (TPSA) is 110 Å². The van der Waals surface area contributed by atoms with E-state index in [0.717, 1.165) is 28.5 Å². The van der Waals surface area contributed by atoms with Crippen LogP contribution in [0.5, 0.6) is 11.8 Å². The molecule has 3 aliphatic heterocycles. The van der Waals surface area contributed by atoms with E-state index in [0.29, 0.717) is 75.2 Å². The Bertz CT molecular complexity index is 1400. The molecule has 0 atom stereocenters. The number of nitrogens with zero attached hydrogens (tertiary/aromatic N) is 6. The number of hydrogen-bond donors (Lipinski definition) is 0. The van der Waals surface area contributed by atoms with Crippen LogP contribution < -0.4 is 14.5 Å². The summed E-state index contributed by atoms with van der Waals surface area (Å²) in [6.45, 7) is 7.47. The molecule has 0 unspecified atom stereocenters. The second kappa shape index (κ2) is 12.2. The lowest BCUT2D eigenvalue weighted by Gasteiger charge is -2.30. The van der Waals surface area contributed by atoms with Crippen molar-refractivity contribution >= 4 is 40.9 Å². The summed E-state index contributed by atoms with van der Waals surface area (Å²) in [6, 6.07) is 15.2. The molecule has 1 aromatic heterocycles. The first-order valence-electron chi connectivity index (χ1n) is 13.5. The van der Waals surface area contributed by atoms with E-state index in [9.17, 15) is 9.59 Å². The number of anilines is 2. The molecule has 4 heterocycles. The minimum Gasteiger partial charge on any atom is -0.424 e. The van der Waals surface area contributed by atoms with Crippen LogP contribution in [0.2, 0.25) is 0 Å². The van der Waals surface area contributed by atoms with Crippen molar-refractivity contribution in [3.8, 4) is 11.8 Å². The predicted octanol–water partition coefficient (Wildman–Crippen LogP) is 3.88. The zero-order valence-electron chi connectivity index (χ0n) is 22.7. The van der Waals surface area contributed by atoms with Crippen LogP contribution in [0.25, 0.3) is 6.08 Å². The molecule has 0 spiro atoms. The van der Waals surface area contributed by atoms with Gasteiger partial charge in [0.1, 0.15) is 5.75 Å². The SMILES string of the molecule is Cc1ccc(CN2C(=O)S/C(=C\c3ccc(Oc4nc(N5CCOCC5)nc(N5CCOCC5)n4)cc3)C2=O)cc1. The second-order valence-electron chi connectivity index (χ2n) is 9.84. The fourth-order valence-electron chi connectivity index (χ4n) is 4.59. The van der Waals surface area contributed by atoms with E-state index < -0.39 is 0 Å². The van der Waals surface area contributed by atoms with Crippen LogP contribution in [0.1, 0.15) is 16.7 Å². The molecular weight excluding hydrogens is 544 g/mol. The third kappa shape index (κ3) is 6.50. The summed E-state index contributed by atoms with van der Waals surface area (Å²) in [4.78, 5) is 45.2. The number of aromatic nitrogens is 3. The van der Waals surface area contributed by atoms with E-state index in [-0.39, 0.29) is 23.7 Å². The lowest BCUT2D eigenvalue weighted by atomic mass is 10.1. The number of hydrogen-bond acceptors (Lipinski definition) is 11. The second-order valence-corrected chi connectivity index (χ2v) is 10.8. The number of aryl methyl sites for hydroxylation is 1. The summed E-state index contributed by atoms with van der Waals surface area (Å²) < 4.78 is 17.0. The summed E-state index contributed by atoms with van der Waals surface area (Å²) in [5.41, 5.74) is 2.81. The Morgan fingerprint density at radius 2 is 1.41 bits per heavy atom. The molecule has 3 fully saturated rings. The number of ether oxygens (including phenoxy) is 3. The van der Waals surface area contributed by atoms with E-state index in [1.54, 1.807) is 18.2 Å². The third-order valence-electron chi connectivity index (χ3n) is 6.90. The normalized spacial score (nSPS) is 18.9. The molecule has 0 radical (unpaired) electrons. The minimum atomic E-state index is -0.294. The number of benzene rings is 2. The molecule has 3 aromatic rings. The highest BCUT2D eigenvalue weighted by Gasteiger charge is 2.35. The average Bonchev–Trinajstić information content (AvgIpc) is 3.27. The van der Waals surface area contributed by atoms with Crippen molar-refractivity contribution in [3.63, 3.8) is 0 Å². The number of carbonyl (C=O) groups excluding carboxylic acids is 2. The van der Waals surface area contributed by atoms with Crippen molar-refractivity contribution in [1.82, 2.24) is 19.9 Å². The number of amides is 2. The van der Waals surface area contributed by atoms with Crippen molar-refractivity contribution in [2.45, 2.75) is 13.5 Å². The van der Waals surface area contributed by atoms with Gasteiger partial charge < -0.3 is 24.0 Å². The first-order chi connectivity index (χ1) is 20.0. The van der Waals surface area contributed by atoms with Crippen LogP contribution in [-0.4, -0.2) is 83.6 Å². The average molecular weight is 575 g/mol. The van der Waals surface area contributed by atoms with Crippen molar-refractivity contribution in [3.05, 3.63) is 70.1 Å². The van der Waals surface area contributed by atoms with Gasteiger partial charge in [-0.2, -0.15) is 15.0 Å². The third-order valence-corrected chi connectivity index (χ3v) is 7.81. The molecular formula is C29H30N6O5S. The minimum absolute atomic E-state index is 0.202. The van der Waals surface area contributed by atoms with Gasteiger partial charge in [0.2, 0.25) is 11.9 Å². The summed E-state index contributed by atoms with van der Waals surface area (Å²) in [7, 11) is 0. The monoisotopic (exact) mass is 574 g/mol. The molecule has 0 saturated carbocycles. The Labute approximate surface area is 242 Å². The van der Waals surface area contributed by atoms with Crippen LogP contribution in [0.15, 0.2) is 53.4 Å². The van der Waals surface area contributed by atoms with Crippen LogP contribution in [0.3, 0.4) is 0 Å². The molecule has 2 aromatic carbocycles. The van der Waals surface area contributed by atoms with E-state index >= 15 is 0 Å². The standard InChI is InChI=1S/C29H30N6O5S/c1-20-2-4-22(5-3-20)19-35-25(36)24(41-29(35)37)18-21-6-8-23(9-7-21)40-28-31-26(33-10-14-38-15-11-33)30-27(32-28)34-12-16-39-17-13-34/h2-9,18H,10-17,19H2,1H3/b24-18-. The van der Waals surface area contributed by atoms with Crippen molar-refractivity contribution in [2.75, 3.05) is 62.4 Å². The molecule has 3 saturated heterocycles. The van der Waals surface area contributed by atoms with Gasteiger partial charge in [-0.3, -0.25) is 14.5 Å². The quantitative estimate of drug-likeness (QED) is 0.384. The molecule has 12 heteroatoms. The van der Waals surface area contributed by atoms with Crippen molar-refractivity contribution in [2.24, 2.45) is 0 Å². The maximum Gasteiger partial charge on any atom is 0.328 e. The Morgan fingerprint density at radius 1 is 0.829 bits per heavy atom. The zero-order valence-corrected chi connectivity index (χ0v) is 23.5. The molecule has 2 amide bonds. The fraction of sp³-hybridized carbons (Fsp3) is 0.345. The van der Waals surface area contributed by atoms with Gasteiger partial charge in [-0.1, -0.05) is 42.0 Å². The van der Waals surface area contributed by atoms with Crippen molar-refractivity contribution < 1.29 is 23.8 Å². The summed E-state index contributed by atoms with van der Waals surface area (Å²) >= 11 is 0.949. The van der Waals surface area contributed by atoms with Gasteiger partial charge in [0, 0.05) is 26.2 Å². The lowest BCUT2D eigenvalue weighted by Crippen LogP contribution is -2.40. The highest BCUT2D eigenvalue weighted by molar-refractivity contribution is 8.18. The van der Waals surface area contributed by atoms with Gasteiger partial charge in [-0.15, -0.1) is 0 Å². The van der Waals surface area contributed by atoms with Crippen LogP contribution in [-0.2, 0) is 20.8 Å². The Kier molecular flexibility index (Phi) is 8.12. The molecule has 11 nitrogen and oxygen atoms in total. The Hall–Kier alpha value is -4.00. The van der Waals surface area contributed by atoms with Crippen LogP contribution >= 0.6 is 11.8 Å². The maximum absolute atomic E-state index is 13.0. The largest absolute Gasteiger partial charge is 0.424 e. The fourth-order valence-corrected chi connectivity index (χ4v) is 5.43. The number of imide groups is 1. The van der Waals surface area contributed by atoms with E-state index in [1.165, 1.54) is 4.90 Å². The van der Waals surface area contributed by atoms with Crippen LogP contribution in [0, 0.1) is 6.92 Å². The summed E-state index contributed by atoms with van der Waals surface area (Å²) in [6.07, 6.45) is 1.72. The maximum atomic E-state index is 13.0. The molecule has 6 rings (SSSR count). The summed E-state index contributed by atoms with van der Waals surface area (Å²) in [5, 5.41) is -0.274. The van der Waals surface area contributed by atoms with Gasteiger partial charge in [0.15, 0.2) is 0 Å². The van der Waals surface area contributed by atoms with Crippen molar-refractivity contribution in [1.29, 1.82) is 0 Å². The van der Waals surface area contributed by atoms with Gasteiger partial charge in [-0.05, 0) is 48.0 Å². The Morgan fingerprint density at radius 3 is 2.00 bits per heavy atom. The molecule has 41 heavy (non-hydrogen) atoms. The van der Waals surface area contributed by atoms with Gasteiger partial charge in [-0.25, -0.2) is 0 Å². The highest BCUT2D eigenvalue weighted by Crippen LogP contribution is 2.34. The van der Waals surface area contributed by atoms with Gasteiger partial charge >= 0.3 is 6.01 Å². The highest BCUT2D eigenvalue weighted by atomic mass is 32.2. The predicted molar refractivity (Wildman–Crippen MR) is 155 cm³/mol. The zero-order chi connectivity index (χ0) is 28.2. The summed E-state index contributed by atoms with van der Waals surface area (Å²) in [5.74, 6) is 1.36. The first kappa shape index (κ1) is 27.2. The molecule has 0 aliphatic carbocycles. The number of thioether (sulfide) groups is 1. The molecule has 0 bridgehead atoms.